The molecule has 2 aliphatic rings. The number of ketones is 1. The number of nitriles is 1. The standard InChI is InChI=1S/C25H22ClN7O2S3/c1-25(2)9-16-20(17(34)10-25)19(13-3-5-14(26)6-4-13)15(11-27)21(28)33(16)23-31-32-24(38-23)37-12-18(35)30-22-29-7-8-36-22/h3-8,19H,9-10,12,28H2,1-2H3,(H,29,30,35). The molecule has 3 aromatic rings. The van der Waals surface area contributed by atoms with Crippen LogP contribution in [-0.4, -0.2) is 32.6 Å². The van der Waals surface area contributed by atoms with Gasteiger partial charge in [-0.25, -0.2) is 4.98 Å². The summed E-state index contributed by atoms with van der Waals surface area (Å²) in [5, 5.41) is 24.8. The highest BCUT2D eigenvalue weighted by Gasteiger charge is 2.45. The number of aromatic nitrogens is 3. The van der Waals surface area contributed by atoms with Gasteiger partial charge in [0, 0.05) is 34.3 Å². The predicted molar refractivity (Wildman–Crippen MR) is 150 cm³/mol. The van der Waals surface area contributed by atoms with Gasteiger partial charge in [-0.1, -0.05) is 60.7 Å². The van der Waals surface area contributed by atoms with Crippen molar-refractivity contribution in [3.8, 4) is 6.07 Å². The minimum atomic E-state index is -0.594. The van der Waals surface area contributed by atoms with Crippen molar-refractivity contribution in [2.24, 2.45) is 11.1 Å². The number of carbonyl (C=O) groups excluding carboxylic acids is 2. The second-order valence-corrected chi connectivity index (χ2v) is 13.1. The molecule has 3 heterocycles. The molecule has 0 spiro atoms. The van der Waals surface area contributed by atoms with E-state index in [9.17, 15) is 14.9 Å². The molecule has 0 fully saturated rings. The second-order valence-electron chi connectivity index (χ2n) is 9.56. The number of hydrogen-bond acceptors (Lipinski definition) is 11. The third-order valence-corrected chi connectivity index (χ3v) is 9.16. The lowest BCUT2D eigenvalue weighted by Crippen LogP contribution is -2.42. The molecule has 0 radical (unpaired) electrons. The fourth-order valence-electron chi connectivity index (χ4n) is 4.63. The lowest BCUT2D eigenvalue weighted by molar-refractivity contribution is -0.118. The van der Waals surface area contributed by atoms with E-state index in [4.69, 9.17) is 17.3 Å². The van der Waals surface area contributed by atoms with E-state index in [0.29, 0.717) is 38.0 Å². The Hall–Kier alpha value is -3.24. The number of halogens is 1. The molecular weight excluding hydrogens is 562 g/mol. The molecule has 1 atom stereocenters. The van der Waals surface area contributed by atoms with Crippen LogP contribution in [-0.2, 0) is 9.59 Å². The van der Waals surface area contributed by atoms with Gasteiger partial charge in [-0.2, -0.15) is 5.26 Å². The highest BCUT2D eigenvalue weighted by atomic mass is 35.5. The third-order valence-electron chi connectivity index (χ3n) is 6.18. The zero-order chi connectivity index (χ0) is 27.0. The summed E-state index contributed by atoms with van der Waals surface area (Å²) in [4.78, 5) is 31.6. The van der Waals surface area contributed by atoms with E-state index in [1.807, 2.05) is 26.0 Å². The maximum Gasteiger partial charge on any atom is 0.236 e. The molecule has 38 heavy (non-hydrogen) atoms. The molecule has 3 N–H and O–H groups in total. The van der Waals surface area contributed by atoms with Crippen molar-refractivity contribution in [3.63, 3.8) is 0 Å². The van der Waals surface area contributed by atoms with E-state index in [1.165, 1.54) is 34.4 Å². The van der Waals surface area contributed by atoms with E-state index in [0.717, 1.165) is 11.3 Å². The molecule has 2 aromatic heterocycles. The topological polar surface area (TPSA) is 138 Å². The predicted octanol–water partition coefficient (Wildman–Crippen LogP) is 5.32. The molecule has 194 valence electrons. The van der Waals surface area contributed by atoms with Crippen molar-refractivity contribution in [2.45, 2.75) is 36.9 Å². The molecule has 9 nitrogen and oxygen atoms in total. The van der Waals surface area contributed by atoms with Gasteiger partial charge in [0.05, 0.1) is 23.3 Å². The minimum Gasteiger partial charge on any atom is -0.384 e. The van der Waals surface area contributed by atoms with Gasteiger partial charge in [0.1, 0.15) is 5.82 Å². The molecular formula is C25H22ClN7O2S3. The van der Waals surface area contributed by atoms with Crippen LogP contribution in [0, 0.1) is 16.7 Å². The molecule has 5 rings (SSSR count). The molecule has 13 heteroatoms. The van der Waals surface area contributed by atoms with Crippen molar-refractivity contribution in [3.05, 3.63) is 69.1 Å². The number of nitrogens with zero attached hydrogens (tertiary/aromatic N) is 5. The van der Waals surface area contributed by atoms with Crippen LogP contribution in [0.2, 0.25) is 5.02 Å². The van der Waals surface area contributed by atoms with Crippen LogP contribution in [0.4, 0.5) is 10.3 Å². The van der Waals surface area contributed by atoms with Crippen LogP contribution >= 0.6 is 46.0 Å². The normalized spacial score (nSPS) is 18.8. The Labute approximate surface area is 236 Å². The number of hydrogen-bond donors (Lipinski definition) is 2. The van der Waals surface area contributed by atoms with Crippen LogP contribution < -0.4 is 16.0 Å². The first kappa shape index (κ1) is 26.4. The summed E-state index contributed by atoms with van der Waals surface area (Å²) in [5.74, 6) is -0.490. The van der Waals surface area contributed by atoms with E-state index in [-0.39, 0.29) is 34.3 Å². The van der Waals surface area contributed by atoms with Crippen molar-refractivity contribution >= 4 is 68.0 Å². The first-order valence-electron chi connectivity index (χ1n) is 11.5. The molecule has 1 amide bonds. The average Bonchev–Trinajstić information content (AvgIpc) is 3.54. The van der Waals surface area contributed by atoms with Gasteiger partial charge in [0.25, 0.3) is 0 Å². The summed E-state index contributed by atoms with van der Waals surface area (Å²) in [6.07, 6.45) is 2.54. The summed E-state index contributed by atoms with van der Waals surface area (Å²) in [5.41, 5.74) is 8.65. The van der Waals surface area contributed by atoms with Crippen LogP contribution in [0.25, 0.3) is 0 Å². The number of nitrogens with two attached hydrogens (primary N) is 1. The monoisotopic (exact) mass is 583 g/mol. The highest BCUT2D eigenvalue weighted by molar-refractivity contribution is 8.01. The Morgan fingerprint density at radius 1 is 1.32 bits per heavy atom. The Balaban J connectivity index is 1.50. The summed E-state index contributed by atoms with van der Waals surface area (Å²) >= 11 is 9.93. The van der Waals surface area contributed by atoms with Gasteiger partial charge >= 0.3 is 0 Å². The summed E-state index contributed by atoms with van der Waals surface area (Å²) < 4.78 is 0.559. The number of nitrogens with one attached hydrogen (secondary N) is 1. The van der Waals surface area contributed by atoms with Crippen LogP contribution in [0.1, 0.15) is 38.2 Å². The molecule has 0 saturated heterocycles. The van der Waals surface area contributed by atoms with Crippen molar-refractivity contribution in [1.29, 1.82) is 5.26 Å². The van der Waals surface area contributed by atoms with Crippen LogP contribution in [0.15, 0.2) is 62.8 Å². The van der Waals surface area contributed by atoms with Gasteiger partial charge in [0.15, 0.2) is 15.3 Å². The number of benzene rings is 1. The SMILES string of the molecule is CC1(C)CC(=O)C2=C(C1)N(c1nnc(SCC(=O)Nc3nccs3)s1)C(N)=C(C#N)C2c1ccc(Cl)cc1. The number of carbonyl (C=O) groups is 2. The Morgan fingerprint density at radius 2 is 2.08 bits per heavy atom. The Morgan fingerprint density at radius 3 is 2.76 bits per heavy atom. The number of rotatable bonds is 6. The van der Waals surface area contributed by atoms with Crippen molar-refractivity contribution < 1.29 is 9.59 Å². The fraction of sp³-hybridized carbons (Fsp3) is 0.280. The second kappa shape index (κ2) is 10.5. The number of allylic oxidation sites excluding steroid dienone is 3. The third kappa shape index (κ3) is 5.19. The van der Waals surface area contributed by atoms with Gasteiger partial charge < -0.3 is 11.1 Å². The molecule has 1 unspecified atom stereocenters. The number of thioether (sulfide) groups is 1. The molecule has 1 aliphatic heterocycles. The Kier molecular flexibility index (Phi) is 7.28. The number of Topliss-reactive ketones (excluding diaryl/α,β-unsaturated/α-hetero) is 1. The summed E-state index contributed by atoms with van der Waals surface area (Å²) in [7, 11) is 0. The van der Waals surface area contributed by atoms with Gasteiger partial charge in [-0.15, -0.1) is 21.5 Å². The lowest BCUT2D eigenvalue weighted by atomic mass is 9.69. The first-order chi connectivity index (χ1) is 18.2. The lowest BCUT2D eigenvalue weighted by Gasteiger charge is -2.42. The maximum absolute atomic E-state index is 13.6. The number of amides is 1. The van der Waals surface area contributed by atoms with E-state index < -0.39 is 5.92 Å². The minimum absolute atomic E-state index is 0.0283. The largest absolute Gasteiger partial charge is 0.384 e. The first-order valence-corrected chi connectivity index (χ1v) is 14.6. The average molecular weight is 584 g/mol. The number of anilines is 2. The molecule has 0 bridgehead atoms. The fourth-order valence-corrected chi connectivity index (χ4v) is 6.99. The van der Waals surface area contributed by atoms with Gasteiger partial charge in [-0.3, -0.25) is 14.5 Å². The quantitative estimate of drug-likeness (QED) is 0.369. The smallest absolute Gasteiger partial charge is 0.236 e. The van der Waals surface area contributed by atoms with E-state index in [2.05, 4.69) is 26.6 Å². The maximum atomic E-state index is 13.6. The summed E-state index contributed by atoms with van der Waals surface area (Å²) in [6.45, 7) is 4.07. The Bertz CT molecular complexity index is 1500. The van der Waals surface area contributed by atoms with Crippen molar-refractivity contribution in [2.75, 3.05) is 16.0 Å². The van der Waals surface area contributed by atoms with E-state index in [1.54, 1.807) is 28.6 Å². The number of thiazole rings is 1. The van der Waals surface area contributed by atoms with Crippen LogP contribution in [0.3, 0.4) is 0 Å². The summed E-state index contributed by atoms with van der Waals surface area (Å²) in [6, 6.07) is 9.37. The highest BCUT2D eigenvalue weighted by Crippen LogP contribution is 2.50. The van der Waals surface area contributed by atoms with Crippen molar-refractivity contribution in [1.82, 2.24) is 15.2 Å². The van der Waals surface area contributed by atoms with Gasteiger partial charge in [0.2, 0.25) is 11.0 Å². The molecule has 0 saturated carbocycles. The molecule has 1 aromatic carbocycles. The molecule has 1 aliphatic carbocycles. The van der Waals surface area contributed by atoms with Gasteiger partial charge in [-0.05, 0) is 29.5 Å². The van der Waals surface area contributed by atoms with E-state index >= 15 is 0 Å². The van der Waals surface area contributed by atoms with Crippen LogP contribution in [0.5, 0.6) is 0 Å². The zero-order valence-electron chi connectivity index (χ0n) is 20.4. The zero-order valence-corrected chi connectivity index (χ0v) is 23.6.